The average Bonchev–Trinajstić information content (AvgIpc) is 3.04. The first kappa shape index (κ1) is 21.8. The third kappa shape index (κ3) is 4.62. The summed E-state index contributed by atoms with van der Waals surface area (Å²) in [5.41, 5.74) is 2.12. The van der Waals surface area contributed by atoms with Crippen LogP contribution in [0.1, 0.15) is 41.8 Å². The molecule has 4 nitrogen and oxygen atoms in total. The highest BCUT2D eigenvalue weighted by Crippen LogP contribution is 2.12. The van der Waals surface area contributed by atoms with Crippen molar-refractivity contribution >= 4 is 40.4 Å². The molecule has 0 saturated carbocycles. The van der Waals surface area contributed by atoms with E-state index in [0.29, 0.717) is 26.3 Å². The van der Waals surface area contributed by atoms with E-state index in [4.69, 9.17) is 11.6 Å². The van der Waals surface area contributed by atoms with Gasteiger partial charge in [-0.2, -0.15) is 5.26 Å². The lowest BCUT2D eigenvalue weighted by Crippen LogP contribution is -2.32. The molecule has 0 radical (unpaired) electrons. The Balaban J connectivity index is 2.16. The van der Waals surface area contributed by atoms with Gasteiger partial charge in [-0.3, -0.25) is 14.2 Å². The lowest BCUT2D eigenvalue weighted by Gasteiger charge is -2.03. The van der Waals surface area contributed by atoms with E-state index in [1.807, 2.05) is 31.2 Å². The van der Waals surface area contributed by atoms with Gasteiger partial charge in [0.15, 0.2) is 0 Å². The van der Waals surface area contributed by atoms with Gasteiger partial charge >= 0.3 is 0 Å². The number of nitriles is 1. The number of hydrogen-bond donors (Lipinski definition) is 0. The average molecular weight is 437 g/mol. The van der Waals surface area contributed by atoms with Gasteiger partial charge in [0.1, 0.15) is 16.3 Å². The summed E-state index contributed by atoms with van der Waals surface area (Å²) in [6, 6.07) is 16.5. The van der Waals surface area contributed by atoms with Gasteiger partial charge in [-0.1, -0.05) is 61.3 Å². The second-order valence-electron chi connectivity index (χ2n) is 6.78. The van der Waals surface area contributed by atoms with E-state index in [-0.39, 0.29) is 16.9 Å². The zero-order valence-corrected chi connectivity index (χ0v) is 18.4. The maximum Gasteiger partial charge on any atom is 0.269 e. The molecular formula is C24H21ClN2O2S. The Morgan fingerprint density at radius 3 is 2.53 bits per heavy atom. The number of halogens is 1. The molecule has 0 fully saturated rings. The Morgan fingerprint density at radius 2 is 1.93 bits per heavy atom. The first-order chi connectivity index (χ1) is 14.5. The summed E-state index contributed by atoms with van der Waals surface area (Å²) in [4.78, 5) is 25.9. The number of Topliss-reactive ketones (excluding diaryl/α,β-unsaturated/α-hetero) is 1. The zero-order chi connectivity index (χ0) is 21.7. The number of nitrogens with zero attached hydrogens (tertiary/aromatic N) is 2. The van der Waals surface area contributed by atoms with E-state index < -0.39 is 0 Å². The van der Waals surface area contributed by atoms with Crippen LogP contribution in [-0.2, 0) is 13.0 Å². The first-order valence-electron chi connectivity index (χ1n) is 9.73. The van der Waals surface area contributed by atoms with E-state index in [2.05, 4.69) is 6.92 Å². The molecule has 0 atom stereocenters. The van der Waals surface area contributed by atoms with Crippen molar-refractivity contribution in [1.82, 2.24) is 4.57 Å². The first-order valence-corrected chi connectivity index (χ1v) is 10.9. The summed E-state index contributed by atoms with van der Waals surface area (Å²) < 4.78 is 2.30. The lowest BCUT2D eigenvalue weighted by atomic mass is 10.0. The van der Waals surface area contributed by atoms with E-state index in [0.717, 1.165) is 35.3 Å². The second kappa shape index (κ2) is 9.71. The highest BCUT2D eigenvalue weighted by atomic mass is 35.5. The lowest BCUT2D eigenvalue weighted by molar-refractivity contribution is 0.105. The third-order valence-corrected chi connectivity index (χ3v) is 6.04. The van der Waals surface area contributed by atoms with Gasteiger partial charge in [0.2, 0.25) is 5.78 Å². The maximum absolute atomic E-state index is 13.0. The number of benzene rings is 2. The van der Waals surface area contributed by atoms with Crippen molar-refractivity contribution in [2.45, 2.75) is 33.2 Å². The van der Waals surface area contributed by atoms with Crippen molar-refractivity contribution in [2.24, 2.45) is 0 Å². The minimum atomic E-state index is -0.377. The molecule has 152 valence electrons. The molecule has 3 rings (SSSR count). The van der Waals surface area contributed by atoms with Gasteiger partial charge in [0.25, 0.3) is 5.56 Å². The smallest absolute Gasteiger partial charge is 0.269 e. The number of carbonyl (C=O) groups is 1. The fourth-order valence-electron chi connectivity index (χ4n) is 3.19. The minimum absolute atomic E-state index is 0.0204. The predicted molar refractivity (Wildman–Crippen MR) is 122 cm³/mol. The van der Waals surface area contributed by atoms with E-state index in [1.54, 1.807) is 36.4 Å². The monoisotopic (exact) mass is 436 g/mol. The van der Waals surface area contributed by atoms with E-state index in [1.165, 1.54) is 4.57 Å². The van der Waals surface area contributed by atoms with Crippen LogP contribution in [0.15, 0.2) is 53.3 Å². The van der Waals surface area contributed by atoms with Crippen LogP contribution in [0, 0.1) is 11.3 Å². The molecular weight excluding hydrogens is 416 g/mol. The standard InChI is InChI=1S/C24H21ClN2O2S/c1-3-6-16-9-11-18(12-10-16)22(28)20(15-26)24-27(4-2)23(29)21(30-24)14-17-7-5-8-19(25)13-17/h5,7-14H,3-4,6H2,1-2H3/b21-14-,24-20-. The molecule has 3 aromatic rings. The van der Waals surface area contributed by atoms with Crippen LogP contribution in [0.4, 0.5) is 0 Å². The number of thiazole rings is 1. The van der Waals surface area contributed by atoms with Crippen LogP contribution < -0.4 is 14.8 Å². The van der Waals surface area contributed by atoms with Crippen LogP contribution in [-0.4, -0.2) is 10.4 Å². The van der Waals surface area contributed by atoms with E-state index in [9.17, 15) is 14.9 Å². The van der Waals surface area contributed by atoms with Crippen molar-refractivity contribution in [1.29, 1.82) is 5.26 Å². The molecule has 0 unspecified atom stereocenters. The van der Waals surface area contributed by atoms with Crippen molar-refractivity contribution in [3.05, 3.63) is 89.8 Å². The molecule has 1 aromatic heterocycles. The van der Waals surface area contributed by atoms with Gasteiger partial charge in [-0.25, -0.2) is 0 Å². The predicted octanol–water partition coefficient (Wildman–Crippen LogP) is 3.92. The number of ketones is 1. The molecule has 2 aromatic carbocycles. The number of aromatic nitrogens is 1. The summed E-state index contributed by atoms with van der Waals surface area (Å²) >= 11 is 7.19. The highest BCUT2D eigenvalue weighted by molar-refractivity contribution is 7.07. The maximum atomic E-state index is 13.0. The van der Waals surface area contributed by atoms with Crippen LogP contribution in [0.3, 0.4) is 0 Å². The topological polar surface area (TPSA) is 62.9 Å². The second-order valence-corrected chi connectivity index (χ2v) is 8.25. The summed E-state index contributed by atoms with van der Waals surface area (Å²) in [6.07, 6.45) is 3.69. The van der Waals surface area contributed by atoms with Gasteiger partial charge in [0, 0.05) is 17.1 Å². The van der Waals surface area contributed by atoms with Gasteiger partial charge < -0.3 is 0 Å². The Bertz CT molecular complexity index is 1290. The third-order valence-electron chi connectivity index (χ3n) is 4.68. The molecule has 0 aliphatic rings. The quantitative estimate of drug-likeness (QED) is 0.550. The largest absolute Gasteiger partial charge is 0.298 e. The number of rotatable bonds is 6. The summed E-state index contributed by atoms with van der Waals surface area (Å²) in [5.74, 6) is -0.377. The van der Waals surface area contributed by atoms with Gasteiger partial charge in [-0.15, -0.1) is 11.3 Å². The van der Waals surface area contributed by atoms with E-state index >= 15 is 0 Å². The molecule has 1 heterocycles. The number of carbonyl (C=O) groups excluding carboxylic acids is 1. The highest BCUT2D eigenvalue weighted by Gasteiger charge is 2.17. The molecule has 6 heteroatoms. The summed E-state index contributed by atoms with van der Waals surface area (Å²) in [7, 11) is 0. The molecule has 0 amide bonds. The molecule has 0 aliphatic heterocycles. The molecule has 0 bridgehead atoms. The van der Waals surface area contributed by atoms with Crippen molar-refractivity contribution in [3.63, 3.8) is 0 Å². The van der Waals surface area contributed by atoms with Crippen LogP contribution >= 0.6 is 22.9 Å². The summed E-state index contributed by atoms with van der Waals surface area (Å²) in [6.45, 7) is 4.28. The normalized spacial score (nSPS) is 12.5. The Hall–Kier alpha value is -2.94. The number of hydrogen-bond acceptors (Lipinski definition) is 4. The van der Waals surface area contributed by atoms with Crippen molar-refractivity contribution in [2.75, 3.05) is 0 Å². The molecule has 30 heavy (non-hydrogen) atoms. The van der Waals surface area contributed by atoms with Crippen molar-refractivity contribution < 1.29 is 4.79 Å². The zero-order valence-electron chi connectivity index (χ0n) is 16.8. The van der Waals surface area contributed by atoms with Gasteiger partial charge in [-0.05, 0) is 42.7 Å². The minimum Gasteiger partial charge on any atom is -0.298 e. The molecule has 0 spiro atoms. The Kier molecular flexibility index (Phi) is 7.04. The SMILES string of the molecule is CCCc1ccc(C(=O)/C(C#N)=c2\s/c(=C\c3cccc(Cl)c3)c(=O)n2CC)cc1. The molecule has 0 N–H and O–H groups in total. The summed E-state index contributed by atoms with van der Waals surface area (Å²) in [5, 5.41) is 10.3. The van der Waals surface area contributed by atoms with Crippen LogP contribution in [0.5, 0.6) is 0 Å². The molecule has 0 saturated heterocycles. The fourth-order valence-corrected chi connectivity index (χ4v) is 4.55. The van der Waals surface area contributed by atoms with Crippen LogP contribution in [0.2, 0.25) is 5.02 Å². The van der Waals surface area contributed by atoms with Crippen LogP contribution in [0.25, 0.3) is 11.6 Å². The number of aryl methyl sites for hydroxylation is 1. The van der Waals surface area contributed by atoms with Crippen molar-refractivity contribution in [3.8, 4) is 6.07 Å². The Morgan fingerprint density at radius 1 is 1.20 bits per heavy atom. The molecule has 0 aliphatic carbocycles. The Labute approximate surface area is 184 Å². The fraction of sp³-hybridized carbons (Fsp3) is 0.208. The van der Waals surface area contributed by atoms with Gasteiger partial charge in [0.05, 0.1) is 4.53 Å².